The SMILES string of the molecule is CC(CC(=O)N(C)C)NCc1cn(C)nc1-c1ccccc1. The zero-order valence-electron chi connectivity index (χ0n) is 13.7. The van der Waals surface area contributed by atoms with Crippen LogP contribution in [0, 0.1) is 0 Å². The Bertz CT molecular complexity index is 619. The standard InChI is InChI=1S/C17H24N4O/c1-13(10-16(22)20(2)3)18-11-15-12-21(4)19-17(15)14-8-6-5-7-9-14/h5-9,12-13,18H,10-11H2,1-4H3. The molecular weight excluding hydrogens is 276 g/mol. The molecule has 5 nitrogen and oxygen atoms in total. The van der Waals surface area contributed by atoms with Crippen LogP contribution in [0.1, 0.15) is 18.9 Å². The van der Waals surface area contributed by atoms with E-state index in [1.54, 1.807) is 19.0 Å². The molecule has 1 unspecified atom stereocenters. The van der Waals surface area contributed by atoms with Crippen molar-refractivity contribution in [2.75, 3.05) is 14.1 Å². The predicted molar refractivity (Wildman–Crippen MR) is 88.3 cm³/mol. The largest absolute Gasteiger partial charge is 0.349 e. The predicted octanol–water partition coefficient (Wildman–Crippen LogP) is 2.04. The number of hydrogen-bond donors (Lipinski definition) is 1. The minimum atomic E-state index is 0.124. The van der Waals surface area contributed by atoms with E-state index in [0.717, 1.165) is 16.8 Å². The summed E-state index contributed by atoms with van der Waals surface area (Å²) in [4.78, 5) is 13.3. The van der Waals surface area contributed by atoms with Gasteiger partial charge in [0.05, 0.1) is 5.69 Å². The van der Waals surface area contributed by atoms with Crippen LogP contribution in [-0.4, -0.2) is 40.7 Å². The molecule has 1 amide bonds. The Kier molecular flexibility index (Phi) is 5.33. The van der Waals surface area contributed by atoms with Gasteiger partial charge < -0.3 is 10.2 Å². The Balaban J connectivity index is 2.03. The highest BCUT2D eigenvalue weighted by atomic mass is 16.2. The van der Waals surface area contributed by atoms with Crippen LogP contribution in [0.25, 0.3) is 11.3 Å². The number of aromatic nitrogens is 2. The molecule has 2 aromatic rings. The molecule has 118 valence electrons. The van der Waals surface area contributed by atoms with Crippen LogP contribution in [0.5, 0.6) is 0 Å². The maximum absolute atomic E-state index is 11.7. The van der Waals surface area contributed by atoms with Crippen LogP contribution >= 0.6 is 0 Å². The molecule has 0 saturated carbocycles. The normalized spacial score (nSPS) is 12.2. The maximum atomic E-state index is 11.7. The van der Waals surface area contributed by atoms with Gasteiger partial charge in [-0.2, -0.15) is 5.10 Å². The molecule has 5 heteroatoms. The van der Waals surface area contributed by atoms with Crippen LogP contribution in [0.3, 0.4) is 0 Å². The second kappa shape index (κ2) is 7.22. The van der Waals surface area contributed by atoms with Gasteiger partial charge in [-0.25, -0.2) is 0 Å². The van der Waals surface area contributed by atoms with E-state index in [-0.39, 0.29) is 11.9 Å². The van der Waals surface area contributed by atoms with E-state index in [1.165, 1.54) is 0 Å². The van der Waals surface area contributed by atoms with E-state index >= 15 is 0 Å². The number of carbonyl (C=O) groups excluding carboxylic acids is 1. The van der Waals surface area contributed by atoms with Gasteiger partial charge in [0.25, 0.3) is 0 Å². The lowest BCUT2D eigenvalue weighted by atomic mass is 10.1. The van der Waals surface area contributed by atoms with Gasteiger partial charge in [-0.15, -0.1) is 0 Å². The fraction of sp³-hybridized carbons (Fsp3) is 0.412. The summed E-state index contributed by atoms with van der Waals surface area (Å²) in [5.41, 5.74) is 3.23. The van der Waals surface area contributed by atoms with Crippen molar-refractivity contribution >= 4 is 5.91 Å². The van der Waals surface area contributed by atoms with E-state index in [4.69, 9.17) is 0 Å². The first kappa shape index (κ1) is 16.2. The highest BCUT2D eigenvalue weighted by molar-refractivity contribution is 5.76. The molecule has 0 aliphatic heterocycles. The van der Waals surface area contributed by atoms with E-state index in [1.807, 2.05) is 43.0 Å². The van der Waals surface area contributed by atoms with Crippen molar-refractivity contribution in [2.24, 2.45) is 7.05 Å². The first-order chi connectivity index (χ1) is 10.5. The molecule has 0 saturated heterocycles. The van der Waals surface area contributed by atoms with Crippen LogP contribution in [-0.2, 0) is 18.4 Å². The number of rotatable bonds is 6. The van der Waals surface area contributed by atoms with Crippen molar-refractivity contribution < 1.29 is 4.79 Å². The highest BCUT2D eigenvalue weighted by Gasteiger charge is 2.13. The van der Waals surface area contributed by atoms with Gasteiger partial charge in [0, 0.05) is 57.5 Å². The molecule has 1 heterocycles. The van der Waals surface area contributed by atoms with Gasteiger partial charge in [0.15, 0.2) is 0 Å². The molecule has 22 heavy (non-hydrogen) atoms. The smallest absolute Gasteiger partial charge is 0.223 e. The number of hydrogen-bond acceptors (Lipinski definition) is 3. The van der Waals surface area contributed by atoms with Crippen molar-refractivity contribution in [1.82, 2.24) is 20.0 Å². The number of aryl methyl sites for hydroxylation is 1. The molecular formula is C17H24N4O. The van der Waals surface area contributed by atoms with Gasteiger partial charge in [0.1, 0.15) is 0 Å². The third-order valence-electron chi connectivity index (χ3n) is 3.57. The molecule has 0 aliphatic carbocycles. The Morgan fingerprint density at radius 3 is 2.64 bits per heavy atom. The number of benzene rings is 1. The molecule has 0 radical (unpaired) electrons. The third kappa shape index (κ3) is 4.18. The fourth-order valence-corrected chi connectivity index (χ4v) is 2.31. The van der Waals surface area contributed by atoms with Gasteiger partial charge in [-0.1, -0.05) is 30.3 Å². The quantitative estimate of drug-likeness (QED) is 0.888. The summed E-state index contributed by atoms with van der Waals surface area (Å²) >= 11 is 0. The van der Waals surface area contributed by atoms with Gasteiger partial charge >= 0.3 is 0 Å². The molecule has 0 fully saturated rings. The topological polar surface area (TPSA) is 50.2 Å². The first-order valence-electron chi connectivity index (χ1n) is 7.49. The minimum Gasteiger partial charge on any atom is -0.349 e. The van der Waals surface area contributed by atoms with Crippen molar-refractivity contribution in [3.63, 3.8) is 0 Å². The van der Waals surface area contributed by atoms with E-state index in [0.29, 0.717) is 13.0 Å². The van der Waals surface area contributed by atoms with Crippen LogP contribution in [0.15, 0.2) is 36.5 Å². The molecule has 2 rings (SSSR count). The summed E-state index contributed by atoms with van der Waals surface area (Å²) in [5, 5.41) is 7.96. The van der Waals surface area contributed by atoms with Crippen LogP contribution < -0.4 is 5.32 Å². The van der Waals surface area contributed by atoms with Gasteiger partial charge in [-0.3, -0.25) is 9.48 Å². The molecule has 1 aromatic carbocycles. The van der Waals surface area contributed by atoms with E-state index in [2.05, 4.69) is 22.5 Å². The Labute approximate surface area is 131 Å². The van der Waals surface area contributed by atoms with Crippen LogP contribution in [0.2, 0.25) is 0 Å². The van der Waals surface area contributed by atoms with Gasteiger partial charge in [-0.05, 0) is 6.92 Å². The minimum absolute atomic E-state index is 0.124. The van der Waals surface area contributed by atoms with Crippen molar-refractivity contribution in [3.05, 3.63) is 42.1 Å². The second-order valence-electron chi connectivity index (χ2n) is 5.82. The lowest BCUT2D eigenvalue weighted by Crippen LogP contribution is -2.33. The van der Waals surface area contributed by atoms with Crippen molar-refractivity contribution in [2.45, 2.75) is 25.9 Å². The summed E-state index contributed by atoms with van der Waals surface area (Å²) in [7, 11) is 5.49. The molecule has 0 aliphatic rings. The lowest BCUT2D eigenvalue weighted by Gasteiger charge is -2.16. The maximum Gasteiger partial charge on any atom is 0.223 e. The summed E-state index contributed by atoms with van der Waals surface area (Å²) in [6.07, 6.45) is 2.52. The lowest BCUT2D eigenvalue weighted by molar-refractivity contribution is -0.129. The average molecular weight is 300 g/mol. The number of carbonyl (C=O) groups is 1. The van der Waals surface area contributed by atoms with Crippen LogP contribution in [0.4, 0.5) is 0 Å². The highest BCUT2D eigenvalue weighted by Crippen LogP contribution is 2.21. The molecule has 0 bridgehead atoms. The number of nitrogens with zero attached hydrogens (tertiary/aromatic N) is 3. The molecule has 1 N–H and O–H groups in total. The average Bonchev–Trinajstić information content (AvgIpc) is 2.87. The number of nitrogens with one attached hydrogen (secondary N) is 1. The summed E-state index contributed by atoms with van der Waals surface area (Å²) in [5.74, 6) is 0.134. The Morgan fingerprint density at radius 1 is 1.32 bits per heavy atom. The molecule has 0 spiro atoms. The second-order valence-corrected chi connectivity index (χ2v) is 5.82. The molecule has 1 atom stereocenters. The first-order valence-corrected chi connectivity index (χ1v) is 7.49. The zero-order valence-corrected chi connectivity index (χ0v) is 13.7. The number of amides is 1. The summed E-state index contributed by atoms with van der Waals surface area (Å²) < 4.78 is 1.83. The third-order valence-corrected chi connectivity index (χ3v) is 3.57. The van der Waals surface area contributed by atoms with E-state index in [9.17, 15) is 4.79 Å². The van der Waals surface area contributed by atoms with Crippen molar-refractivity contribution in [1.29, 1.82) is 0 Å². The van der Waals surface area contributed by atoms with E-state index < -0.39 is 0 Å². The zero-order chi connectivity index (χ0) is 16.1. The monoisotopic (exact) mass is 300 g/mol. The van der Waals surface area contributed by atoms with Gasteiger partial charge in [0.2, 0.25) is 5.91 Å². The Morgan fingerprint density at radius 2 is 2.00 bits per heavy atom. The Hall–Kier alpha value is -2.14. The van der Waals surface area contributed by atoms with Crippen molar-refractivity contribution in [3.8, 4) is 11.3 Å². The molecule has 1 aromatic heterocycles. The fourth-order valence-electron chi connectivity index (χ4n) is 2.31. The summed E-state index contributed by atoms with van der Waals surface area (Å²) in [6.45, 7) is 2.72. The summed E-state index contributed by atoms with van der Waals surface area (Å²) in [6, 6.07) is 10.3.